The van der Waals surface area contributed by atoms with Crippen molar-refractivity contribution >= 4 is 15.7 Å². The zero-order valence-electron chi connectivity index (χ0n) is 22.2. The molecule has 2 aromatic carbocycles. The molecular weight excluding hydrogens is 518 g/mol. The van der Waals surface area contributed by atoms with Gasteiger partial charge in [0.15, 0.2) is 0 Å². The predicted molar refractivity (Wildman–Crippen MR) is 140 cm³/mol. The third-order valence-electron chi connectivity index (χ3n) is 8.00. The van der Waals surface area contributed by atoms with Gasteiger partial charge in [0, 0.05) is 26.2 Å². The molecule has 1 aliphatic carbocycles. The molecule has 0 radical (unpaired) electrons. The average molecular weight is 552 g/mol. The Morgan fingerprint density at radius 2 is 1.74 bits per heavy atom. The summed E-state index contributed by atoms with van der Waals surface area (Å²) in [6.07, 6.45) is 2.78. The molecule has 0 bridgehead atoms. The molecule has 38 heavy (non-hydrogen) atoms. The average Bonchev–Trinajstić information content (AvgIpc) is 3.05. The molecule has 0 heterocycles. The van der Waals surface area contributed by atoms with E-state index in [0.29, 0.717) is 24.5 Å². The lowest BCUT2D eigenvalue weighted by molar-refractivity contribution is 0.0802. The highest BCUT2D eigenvalue weighted by atomic mass is 32.2. The van der Waals surface area contributed by atoms with E-state index < -0.39 is 49.0 Å². The molecule has 0 aliphatic heterocycles. The summed E-state index contributed by atoms with van der Waals surface area (Å²) in [7, 11) is -2.84. The number of rotatable bonds is 9. The Labute approximate surface area is 222 Å². The minimum atomic E-state index is -4.24. The first-order valence-corrected chi connectivity index (χ1v) is 13.7. The predicted octanol–water partition coefficient (Wildman–Crippen LogP) is 7.38. The van der Waals surface area contributed by atoms with Crippen LogP contribution in [0.5, 0.6) is 0 Å². The van der Waals surface area contributed by atoms with E-state index in [2.05, 4.69) is 16.8 Å². The molecule has 1 fully saturated rings. The fourth-order valence-corrected chi connectivity index (χ4v) is 6.97. The van der Waals surface area contributed by atoms with E-state index in [4.69, 9.17) is 0 Å². The Hall–Kier alpha value is -2.85. The van der Waals surface area contributed by atoms with Crippen LogP contribution in [0.3, 0.4) is 0 Å². The third-order valence-corrected chi connectivity index (χ3v) is 9.95. The van der Waals surface area contributed by atoms with Crippen molar-refractivity contribution < 1.29 is 26.0 Å². The van der Waals surface area contributed by atoms with Crippen LogP contribution in [0, 0.1) is 40.0 Å². The van der Waals surface area contributed by atoms with Gasteiger partial charge in [0.05, 0.1) is 11.3 Å². The summed E-state index contributed by atoms with van der Waals surface area (Å²) in [5, 5.41) is 7.66. The van der Waals surface area contributed by atoms with Crippen molar-refractivity contribution in [1.82, 2.24) is 4.31 Å². The lowest BCUT2D eigenvalue weighted by Gasteiger charge is -2.44. The Bertz CT molecular complexity index is 1370. The maximum atomic E-state index is 14.5. The summed E-state index contributed by atoms with van der Waals surface area (Å²) >= 11 is 0. The van der Waals surface area contributed by atoms with Gasteiger partial charge in [0.25, 0.3) is 0 Å². The SMILES string of the molecule is C=C(/C=C(\N=N/C)c1c(F)cccc1F)C1CCC(C)(CN(CC)S(=O)(=O)c2ccc(F)cc2F)C1(C)C. The van der Waals surface area contributed by atoms with Gasteiger partial charge in [-0.1, -0.05) is 40.3 Å². The molecular formula is C28H33F4N3O2S. The topological polar surface area (TPSA) is 62.1 Å². The number of sulfonamides is 1. The second kappa shape index (κ2) is 11.1. The monoisotopic (exact) mass is 551 g/mol. The second-order valence-corrected chi connectivity index (χ2v) is 12.3. The van der Waals surface area contributed by atoms with Crippen LogP contribution in [-0.4, -0.2) is 32.9 Å². The molecule has 0 saturated heterocycles. The van der Waals surface area contributed by atoms with Crippen LogP contribution >= 0.6 is 0 Å². The van der Waals surface area contributed by atoms with E-state index in [1.54, 1.807) is 6.92 Å². The van der Waals surface area contributed by atoms with Gasteiger partial charge in [-0.3, -0.25) is 0 Å². The van der Waals surface area contributed by atoms with Gasteiger partial charge in [0.1, 0.15) is 28.2 Å². The maximum absolute atomic E-state index is 14.5. The summed E-state index contributed by atoms with van der Waals surface area (Å²) in [5.41, 5.74) is -0.805. The molecule has 2 aromatic rings. The summed E-state index contributed by atoms with van der Waals surface area (Å²) in [5.74, 6) is -3.73. The van der Waals surface area contributed by atoms with Crippen molar-refractivity contribution in [3.05, 3.63) is 83.5 Å². The van der Waals surface area contributed by atoms with Crippen molar-refractivity contribution in [2.75, 3.05) is 20.1 Å². The fourth-order valence-electron chi connectivity index (χ4n) is 5.36. The van der Waals surface area contributed by atoms with Crippen LogP contribution in [0.4, 0.5) is 17.6 Å². The molecule has 2 atom stereocenters. The number of allylic oxidation sites excluding steroid dienone is 2. The molecule has 5 nitrogen and oxygen atoms in total. The number of nitrogens with zero attached hydrogens (tertiary/aromatic N) is 3. The van der Waals surface area contributed by atoms with Crippen molar-refractivity contribution in [3.8, 4) is 0 Å². The Morgan fingerprint density at radius 3 is 2.29 bits per heavy atom. The highest BCUT2D eigenvalue weighted by Crippen LogP contribution is 2.58. The lowest BCUT2D eigenvalue weighted by atomic mass is 9.64. The Morgan fingerprint density at radius 1 is 1.11 bits per heavy atom. The standard InChI is InChI=1S/C28H33F4N3O2S/c1-7-35(38(36,37)25-12-11-19(29)16-23(25)32)17-28(5)14-13-20(27(28,3)4)18(2)15-24(34-33-6)26-21(30)9-8-10-22(26)31/h8-12,15-16,20H,2,7,13-14,17H2,1,3-6H3/b24-15-,34-33-. The quantitative estimate of drug-likeness (QED) is 0.186. The molecule has 2 unspecified atom stereocenters. The van der Waals surface area contributed by atoms with E-state index in [1.165, 1.54) is 23.5 Å². The molecule has 0 N–H and O–H groups in total. The summed E-state index contributed by atoms with van der Waals surface area (Å²) < 4.78 is 84.7. The van der Waals surface area contributed by atoms with Crippen LogP contribution in [-0.2, 0) is 10.0 Å². The zero-order valence-corrected chi connectivity index (χ0v) is 23.0. The van der Waals surface area contributed by atoms with Crippen molar-refractivity contribution in [2.24, 2.45) is 27.0 Å². The van der Waals surface area contributed by atoms with Crippen molar-refractivity contribution in [1.29, 1.82) is 0 Å². The molecule has 206 valence electrons. The van der Waals surface area contributed by atoms with E-state index in [-0.39, 0.29) is 30.3 Å². The first-order valence-electron chi connectivity index (χ1n) is 12.3. The molecule has 3 rings (SSSR count). The van der Waals surface area contributed by atoms with Gasteiger partial charge in [-0.15, -0.1) is 0 Å². The second-order valence-electron chi connectivity index (χ2n) is 10.4. The molecule has 10 heteroatoms. The summed E-state index contributed by atoms with van der Waals surface area (Å²) in [6.45, 7) is 12.0. The smallest absolute Gasteiger partial charge is 0.207 e. The van der Waals surface area contributed by atoms with Crippen molar-refractivity contribution in [3.63, 3.8) is 0 Å². The molecule has 0 spiro atoms. The van der Waals surface area contributed by atoms with Gasteiger partial charge < -0.3 is 0 Å². The summed E-state index contributed by atoms with van der Waals surface area (Å²) in [6, 6.07) is 5.95. The van der Waals surface area contributed by atoms with Gasteiger partial charge in [-0.25, -0.2) is 26.0 Å². The maximum Gasteiger partial charge on any atom is 0.245 e. The van der Waals surface area contributed by atoms with Crippen LogP contribution in [0.25, 0.3) is 5.70 Å². The Balaban J connectivity index is 1.94. The molecule has 1 saturated carbocycles. The van der Waals surface area contributed by atoms with Crippen LogP contribution < -0.4 is 0 Å². The minimum Gasteiger partial charge on any atom is -0.207 e. The lowest BCUT2D eigenvalue weighted by Crippen LogP contribution is -2.46. The highest BCUT2D eigenvalue weighted by Gasteiger charge is 2.53. The van der Waals surface area contributed by atoms with Crippen LogP contribution in [0.2, 0.25) is 0 Å². The van der Waals surface area contributed by atoms with E-state index in [1.807, 2.05) is 20.8 Å². The largest absolute Gasteiger partial charge is 0.245 e. The van der Waals surface area contributed by atoms with Gasteiger partial charge in [-0.2, -0.15) is 14.5 Å². The molecule has 0 amide bonds. The molecule has 0 aromatic heterocycles. The number of azo groups is 1. The highest BCUT2D eigenvalue weighted by molar-refractivity contribution is 7.89. The normalized spacial score (nSPS) is 21.9. The molecule has 1 aliphatic rings. The van der Waals surface area contributed by atoms with Crippen LogP contribution in [0.1, 0.15) is 46.1 Å². The fraction of sp³-hybridized carbons (Fsp3) is 0.429. The van der Waals surface area contributed by atoms with Crippen LogP contribution in [0.15, 0.2) is 69.8 Å². The van der Waals surface area contributed by atoms with E-state index in [0.717, 1.165) is 24.3 Å². The number of hydrogen-bond donors (Lipinski definition) is 0. The Kier molecular flexibility index (Phi) is 8.67. The van der Waals surface area contributed by atoms with Gasteiger partial charge >= 0.3 is 0 Å². The first-order chi connectivity index (χ1) is 17.7. The van der Waals surface area contributed by atoms with Gasteiger partial charge in [0.2, 0.25) is 10.0 Å². The zero-order chi connectivity index (χ0) is 28.5. The van der Waals surface area contributed by atoms with Gasteiger partial charge in [-0.05, 0) is 65.5 Å². The van der Waals surface area contributed by atoms with Crippen molar-refractivity contribution in [2.45, 2.75) is 45.4 Å². The number of halogens is 4. The number of hydrogen-bond acceptors (Lipinski definition) is 4. The minimum absolute atomic E-state index is 0.00190. The number of benzene rings is 2. The third kappa shape index (κ3) is 5.47. The summed E-state index contributed by atoms with van der Waals surface area (Å²) in [4.78, 5) is -0.578. The van der Waals surface area contributed by atoms with E-state index >= 15 is 0 Å². The first kappa shape index (κ1) is 29.7. The van der Waals surface area contributed by atoms with E-state index in [9.17, 15) is 26.0 Å².